The summed E-state index contributed by atoms with van der Waals surface area (Å²) in [6.45, 7) is 5.54. The van der Waals surface area contributed by atoms with Crippen LogP contribution in [0.15, 0.2) is 54.7 Å². The summed E-state index contributed by atoms with van der Waals surface area (Å²) in [7, 11) is 1.45. The van der Waals surface area contributed by atoms with E-state index in [1.807, 2.05) is 13.8 Å². The van der Waals surface area contributed by atoms with E-state index in [2.05, 4.69) is 15.7 Å². The van der Waals surface area contributed by atoms with E-state index in [0.29, 0.717) is 28.4 Å². The van der Waals surface area contributed by atoms with Gasteiger partial charge in [0.15, 0.2) is 23.8 Å². The van der Waals surface area contributed by atoms with Crippen molar-refractivity contribution in [3.05, 3.63) is 66.0 Å². The van der Waals surface area contributed by atoms with Crippen molar-refractivity contribution in [2.45, 2.75) is 26.8 Å². The Labute approximate surface area is 203 Å². The Morgan fingerprint density at radius 2 is 1.86 bits per heavy atom. The third-order valence-electron chi connectivity index (χ3n) is 4.68. The molecule has 0 atom stereocenters. The smallest absolute Gasteiger partial charge is 0.358 e. The number of hydrogen-bond donors (Lipinski definition) is 2. The molecule has 0 aliphatic carbocycles. The highest BCUT2D eigenvalue weighted by Gasteiger charge is 2.14. The summed E-state index contributed by atoms with van der Waals surface area (Å²) in [5, 5.41) is 9.79. The first-order valence-corrected chi connectivity index (χ1v) is 11.1. The van der Waals surface area contributed by atoms with Gasteiger partial charge in [0.1, 0.15) is 0 Å². The maximum Gasteiger partial charge on any atom is 0.358 e. The Morgan fingerprint density at radius 1 is 1.06 bits per heavy atom. The van der Waals surface area contributed by atoms with E-state index in [1.54, 1.807) is 55.6 Å². The molecule has 2 amide bonds. The molecule has 3 rings (SSSR count). The van der Waals surface area contributed by atoms with Crippen molar-refractivity contribution >= 4 is 23.5 Å². The SMILES string of the molecule is CCOC(=O)c1ccn(-c2cccc(NC(=O)c3ccc(OCC(=O)NC(C)C)c(OC)c3)c2)n1. The van der Waals surface area contributed by atoms with E-state index in [9.17, 15) is 14.4 Å². The minimum absolute atomic E-state index is 0.00508. The molecule has 10 nitrogen and oxygen atoms in total. The van der Waals surface area contributed by atoms with Crippen molar-refractivity contribution in [2.75, 3.05) is 25.6 Å². The maximum absolute atomic E-state index is 12.8. The van der Waals surface area contributed by atoms with Crippen LogP contribution in [-0.4, -0.2) is 53.9 Å². The van der Waals surface area contributed by atoms with Crippen LogP contribution in [0.4, 0.5) is 5.69 Å². The molecule has 0 saturated heterocycles. The number of aromatic nitrogens is 2. The van der Waals surface area contributed by atoms with Crippen LogP contribution < -0.4 is 20.1 Å². The monoisotopic (exact) mass is 480 g/mol. The summed E-state index contributed by atoms with van der Waals surface area (Å²) in [5.74, 6) is -0.446. The lowest BCUT2D eigenvalue weighted by molar-refractivity contribution is -0.123. The zero-order chi connectivity index (χ0) is 25.4. The molecular weight excluding hydrogens is 452 g/mol. The third kappa shape index (κ3) is 6.83. The third-order valence-corrected chi connectivity index (χ3v) is 4.68. The standard InChI is InChI=1S/C25H28N4O6/c1-5-34-25(32)20-11-12-29(28-20)19-8-6-7-18(14-19)27-24(31)17-9-10-21(22(13-17)33-4)35-15-23(30)26-16(2)3/h6-14,16H,5,15H2,1-4H3,(H,26,30)(H,27,31). The highest BCUT2D eigenvalue weighted by molar-refractivity contribution is 6.04. The van der Waals surface area contributed by atoms with Crippen molar-refractivity contribution in [3.63, 3.8) is 0 Å². The lowest BCUT2D eigenvalue weighted by atomic mass is 10.1. The minimum Gasteiger partial charge on any atom is -0.493 e. The molecule has 0 aliphatic heterocycles. The topological polar surface area (TPSA) is 121 Å². The van der Waals surface area contributed by atoms with Crippen LogP contribution >= 0.6 is 0 Å². The van der Waals surface area contributed by atoms with Gasteiger partial charge in [0.2, 0.25) is 0 Å². The molecule has 0 unspecified atom stereocenters. The molecule has 0 saturated carbocycles. The number of ether oxygens (including phenoxy) is 3. The fraction of sp³-hybridized carbons (Fsp3) is 0.280. The number of carbonyl (C=O) groups is 3. The molecule has 10 heteroatoms. The lowest BCUT2D eigenvalue weighted by Gasteiger charge is -2.13. The van der Waals surface area contributed by atoms with Crippen LogP contribution in [-0.2, 0) is 9.53 Å². The Kier molecular flexibility index (Phi) is 8.44. The molecule has 0 spiro atoms. The molecule has 0 bridgehead atoms. The Bertz CT molecular complexity index is 1200. The second-order valence-corrected chi connectivity index (χ2v) is 7.75. The zero-order valence-electron chi connectivity index (χ0n) is 20.0. The fourth-order valence-electron chi connectivity index (χ4n) is 3.15. The van der Waals surface area contributed by atoms with Crippen molar-refractivity contribution < 1.29 is 28.6 Å². The number of nitrogens with zero attached hydrogens (tertiary/aromatic N) is 2. The van der Waals surface area contributed by atoms with E-state index >= 15 is 0 Å². The lowest BCUT2D eigenvalue weighted by Crippen LogP contribution is -2.34. The number of esters is 1. The largest absolute Gasteiger partial charge is 0.493 e. The first-order valence-electron chi connectivity index (χ1n) is 11.1. The highest BCUT2D eigenvalue weighted by Crippen LogP contribution is 2.28. The van der Waals surface area contributed by atoms with Crippen molar-refractivity contribution in [3.8, 4) is 17.2 Å². The van der Waals surface area contributed by atoms with Crippen molar-refractivity contribution in [1.29, 1.82) is 0 Å². The van der Waals surface area contributed by atoms with Gasteiger partial charge in [0.05, 0.1) is 19.4 Å². The number of methoxy groups -OCH3 is 1. The molecule has 0 fully saturated rings. The van der Waals surface area contributed by atoms with Crippen LogP contribution in [0.1, 0.15) is 41.6 Å². The number of anilines is 1. The Balaban J connectivity index is 1.70. The molecule has 1 heterocycles. The van der Waals surface area contributed by atoms with Crippen LogP contribution in [0.2, 0.25) is 0 Å². The first-order chi connectivity index (χ1) is 16.8. The van der Waals surface area contributed by atoms with Crippen LogP contribution in [0.5, 0.6) is 11.5 Å². The van der Waals surface area contributed by atoms with Gasteiger partial charge in [0.25, 0.3) is 11.8 Å². The highest BCUT2D eigenvalue weighted by atomic mass is 16.5. The van der Waals surface area contributed by atoms with Gasteiger partial charge in [-0.3, -0.25) is 9.59 Å². The number of carbonyl (C=O) groups excluding carboxylic acids is 3. The van der Waals surface area contributed by atoms with E-state index < -0.39 is 5.97 Å². The van der Waals surface area contributed by atoms with Gasteiger partial charge in [-0.15, -0.1) is 0 Å². The number of nitrogens with one attached hydrogen (secondary N) is 2. The summed E-state index contributed by atoms with van der Waals surface area (Å²) in [6.07, 6.45) is 1.64. The average molecular weight is 481 g/mol. The van der Waals surface area contributed by atoms with Gasteiger partial charge in [-0.25, -0.2) is 9.48 Å². The van der Waals surface area contributed by atoms with Crippen molar-refractivity contribution in [1.82, 2.24) is 15.1 Å². The van der Waals surface area contributed by atoms with Gasteiger partial charge >= 0.3 is 5.97 Å². The van der Waals surface area contributed by atoms with Crippen LogP contribution in [0.3, 0.4) is 0 Å². The summed E-state index contributed by atoms with van der Waals surface area (Å²) in [6, 6.07) is 13.3. The molecule has 2 N–H and O–H groups in total. The molecule has 2 aromatic carbocycles. The number of rotatable bonds is 10. The molecule has 3 aromatic rings. The fourth-order valence-corrected chi connectivity index (χ4v) is 3.15. The molecule has 0 aliphatic rings. The maximum atomic E-state index is 12.8. The Hall–Kier alpha value is -4.34. The predicted molar refractivity (Wildman–Crippen MR) is 129 cm³/mol. The quantitative estimate of drug-likeness (QED) is 0.428. The number of benzene rings is 2. The van der Waals surface area contributed by atoms with Gasteiger partial charge in [0, 0.05) is 23.5 Å². The predicted octanol–water partition coefficient (Wildman–Crippen LogP) is 3.21. The second-order valence-electron chi connectivity index (χ2n) is 7.75. The summed E-state index contributed by atoms with van der Waals surface area (Å²) < 4.78 is 17.3. The average Bonchev–Trinajstić information content (AvgIpc) is 3.33. The molecular formula is C25H28N4O6. The van der Waals surface area contributed by atoms with Gasteiger partial charge < -0.3 is 24.8 Å². The van der Waals surface area contributed by atoms with E-state index in [1.165, 1.54) is 17.9 Å². The van der Waals surface area contributed by atoms with E-state index in [4.69, 9.17) is 14.2 Å². The second kappa shape index (κ2) is 11.7. The number of hydrogen-bond acceptors (Lipinski definition) is 7. The molecule has 1 aromatic heterocycles. The minimum atomic E-state index is -0.502. The van der Waals surface area contributed by atoms with E-state index in [-0.39, 0.29) is 36.8 Å². The van der Waals surface area contributed by atoms with Crippen molar-refractivity contribution in [2.24, 2.45) is 0 Å². The van der Waals surface area contributed by atoms with Crippen LogP contribution in [0, 0.1) is 0 Å². The Morgan fingerprint density at radius 3 is 2.57 bits per heavy atom. The first kappa shape index (κ1) is 25.3. The molecule has 184 valence electrons. The molecule has 0 radical (unpaired) electrons. The van der Waals surface area contributed by atoms with Gasteiger partial charge in [-0.2, -0.15) is 5.10 Å². The normalized spacial score (nSPS) is 10.5. The summed E-state index contributed by atoms with van der Waals surface area (Å²) in [5.41, 5.74) is 1.72. The zero-order valence-corrected chi connectivity index (χ0v) is 20.0. The van der Waals surface area contributed by atoms with Gasteiger partial charge in [-0.1, -0.05) is 6.07 Å². The number of amides is 2. The summed E-state index contributed by atoms with van der Waals surface area (Å²) >= 11 is 0. The van der Waals surface area contributed by atoms with Gasteiger partial charge in [-0.05, 0) is 63.2 Å². The van der Waals surface area contributed by atoms with Crippen LogP contribution in [0.25, 0.3) is 5.69 Å². The summed E-state index contributed by atoms with van der Waals surface area (Å²) in [4.78, 5) is 36.5. The molecule has 35 heavy (non-hydrogen) atoms. The van der Waals surface area contributed by atoms with E-state index in [0.717, 1.165) is 0 Å².